The molecule has 0 spiro atoms. The summed E-state index contributed by atoms with van der Waals surface area (Å²) in [5.41, 5.74) is 0.857. The van der Waals surface area contributed by atoms with Crippen LogP contribution in [0.25, 0.3) is 0 Å². The number of halogens is 1. The van der Waals surface area contributed by atoms with Crippen molar-refractivity contribution in [3.63, 3.8) is 0 Å². The van der Waals surface area contributed by atoms with Crippen molar-refractivity contribution in [2.45, 2.75) is 19.9 Å². The molecule has 2 rings (SSSR count). The molecule has 0 unspecified atom stereocenters. The standard InChI is InChI=1S/C11H12ClN3S/c1-2-10-15-7-8(16-10)6-14-9-4-3-5-13-11(9)12/h3-5,7,14H,2,6H2,1H3. The third kappa shape index (κ3) is 2.71. The Hall–Kier alpha value is -1.13. The summed E-state index contributed by atoms with van der Waals surface area (Å²) in [5.74, 6) is 0. The predicted octanol–water partition coefficient (Wildman–Crippen LogP) is 3.37. The predicted molar refractivity (Wildman–Crippen MR) is 68.1 cm³/mol. The fourth-order valence-corrected chi connectivity index (χ4v) is 2.28. The fourth-order valence-electron chi connectivity index (χ4n) is 1.29. The molecule has 0 aromatic carbocycles. The smallest absolute Gasteiger partial charge is 0.152 e. The van der Waals surface area contributed by atoms with Crippen molar-refractivity contribution in [3.8, 4) is 0 Å². The Balaban J connectivity index is 1.99. The molecule has 0 atom stereocenters. The van der Waals surface area contributed by atoms with Gasteiger partial charge in [0.2, 0.25) is 0 Å². The van der Waals surface area contributed by atoms with Gasteiger partial charge in [0.1, 0.15) is 0 Å². The van der Waals surface area contributed by atoms with E-state index in [1.54, 1.807) is 17.5 Å². The lowest BCUT2D eigenvalue weighted by Crippen LogP contribution is -1.98. The number of hydrogen-bond acceptors (Lipinski definition) is 4. The summed E-state index contributed by atoms with van der Waals surface area (Å²) < 4.78 is 0. The molecule has 2 heterocycles. The molecule has 0 bridgehead atoms. The van der Waals surface area contributed by atoms with Crippen LogP contribution >= 0.6 is 22.9 Å². The number of hydrogen-bond donors (Lipinski definition) is 1. The van der Waals surface area contributed by atoms with Gasteiger partial charge in [-0.25, -0.2) is 9.97 Å². The van der Waals surface area contributed by atoms with Crippen LogP contribution < -0.4 is 5.32 Å². The van der Waals surface area contributed by atoms with Crippen molar-refractivity contribution in [1.29, 1.82) is 0 Å². The van der Waals surface area contributed by atoms with Crippen LogP contribution in [0.1, 0.15) is 16.8 Å². The number of rotatable bonds is 4. The molecule has 0 saturated carbocycles. The van der Waals surface area contributed by atoms with E-state index in [2.05, 4.69) is 22.2 Å². The second-order valence-corrected chi connectivity index (χ2v) is 4.83. The Morgan fingerprint density at radius 2 is 2.31 bits per heavy atom. The second kappa shape index (κ2) is 5.27. The van der Waals surface area contributed by atoms with E-state index in [4.69, 9.17) is 11.6 Å². The number of thiazole rings is 1. The molecule has 0 amide bonds. The highest BCUT2D eigenvalue weighted by atomic mass is 35.5. The van der Waals surface area contributed by atoms with E-state index < -0.39 is 0 Å². The SMILES string of the molecule is CCc1ncc(CNc2cccnc2Cl)s1. The molecule has 0 aliphatic rings. The maximum atomic E-state index is 5.94. The molecule has 0 radical (unpaired) electrons. The number of nitrogens with zero attached hydrogens (tertiary/aromatic N) is 2. The van der Waals surface area contributed by atoms with E-state index in [1.165, 1.54) is 4.88 Å². The van der Waals surface area contributed by atoms with E-state index in [0.717, 1.165) is 23.7 Å². The van der Waals surface area contributed by atoms with Crippen LogP contribution in [0.4, 0.5) is 5.69 Å². The number of anilines is 1. The van der Waals surface area contributed by atoms with Gasteiger partial charge < -0.3 is 5.32 Å². The van der Waals surface area contributed by atoms with Crippen LogP contribution in [0.5, 0.6) is 0 Å². The summed E-state index contributed by atoms with van der Waals surface area (Å²) in [6, 6.07) is 3.77. The first kappa shape index (κ1) is 11.4. The molecule has 5 heteroatoms. The maximum Gasteiger partial charge on any atom is 0.152 e. The van der Waals surface area contributed by atoms with Gasteiger partial charge >= 0.3 is 0 Å². The average molecular weight is 254 g/mol. The summed E-state index contributed by atoms with van der Waals surface area (Å²) in [4.78, 5) is 9.51. The fraction of sp³-hybridized carbons (Fsp3) is 0.273. The number of aryl methyl sites for hydroxylation is 1. The van der Waals surface area contributed by atoms with Crippen LogP contribution in [-0.2, 0) is 13.0 Å². The summed E-state index contributed by atoms with van der Waals surface area (Å²) in [6.07, 6.45) is 4.56. The first-order chi connectivity index (χ1) is 7.79. The summed E-state index contributed by atoms with van der Waals surface area (Å²) >= 11 is 7.66. The van der Waals surface area contributed by atoms with Gasteiger partial charge in [-0.3, -0.25) is 0 Å². The van der Waals surface area contributed by atoms with Gasteiger partial charge in [-0.1, -0.05) is 18.5 Å². The van der Waals surface area contributed by atoms with Crippen molar-refractivity contribution in [3.05, 3.63) is 39.6 Å². The number of aromatic nitrogens is 2. The number of nitrogens with one attached hydrogen (secondary N) is 1. The lowest BCUT2D eigenvalue weighted by molar-refractivity contribution is 1.09. The highest BCUT2D eigenvalue weighted by molar-refractivity contribution is 7.11. The second-order valence-electron chi connectivity index (χ2n) is 3.27. The van der Waals surface area contributed by atoms with Gasteiger partial charge in [0.25, 0.3) is 0 Å². The van der Waals surface area contributed by atoms with Gasteiger partial charge in [0.05, 0.1) is 17.2 Å². The van der Waals surface area contributed by atoms with E-state index >= 15 is 0 Å². The Morgan fingerprint density at radius 3 is 3.00 bits per heavy atom. The lowest BCUT2D eigenvalue weighted by atomic mass is 10.4. The molecule has 0 aliphatic carbocycles. The topological polar surface area (TPSA) is 37.8 Å². The van der Waals surface area contributed by atoms with Gasteiger partial charge in [-0.2, -0.15) is 0 Å². The first-order valence-corrected chi connectivity index (χ1v) is 6.27. The number of pyridine rings is 1. The van der Waals surface area contributed by atoms with Crippen LogP contribution in [-0.4, -0.2) is 9.97 Å². The van der Waals surface area contributed by atoms with Crippen LogP contribution in [0, 0.1) is 0 Å². The molecular weight excluding hydrogens is 242 g/mol. The first-order valence-electron chi connectivity index (χ1n) is 5.07. The molecule has 1 N–H and O–H groups in total. The molecule has 2 aromatic rings. The normalized spacial score (nSPS) is 10.4. The van der Waals surface area contributed by atoms with E-state index in [-0.39, 0.29) is 0 Å². The minimum Gasteiger partial charge on any atom is -0.378 e. The Morgan fingerprint density at radius 1 is 1.44 bits per heavy atom. The monoisotopic (exact) mass is 253 g/mol. The largest absolute Gasteiger partial charge is 0.378 e. The molecular formula is C11H12ClN3S. The highest BCUT2D eigenvalue weighted by Gasteiger charge is 2.02. The average Bonchev–Trinajstić information content (AvgIpc) is 2.76. The molecule has 84 valence electrons. The van der Waals surface area contributed by atoms with Crippen molar-refractivity contribution >= 4 is 28.6 Å². The van der Waals surface area contributed by atoms with Gasteiger partial charge in [-0.05, 0) is 18.6 Å². The molecule has 16 heavy (non-hydrogen) atoms. The third-order valence-electron chi connectivity index (χ3n) is 2.12. The van der Waals surface area contributed by atoms with E-state index in [0.29, 0.717) is 5.15 Å². The summed E-state index contributed by atoms with van der Waals surface area (Å²) in [5, 5.41) is 4.91. The quantitative estimate of drug-likeness (QED) is 0.849. The Kier molecular flexibility index (Phi) is 3.74. The molecule has 0 aliphatic heterocycles. The zero-order valence-electron chi connectivity index (χ0n) is 8.90. The summed E-state index contributed by atoms with van der Waals surface area (Å²) in [7, 11) is 0. The van der Waals surface area contributed by atoms with Crippen LogP contribution in [0.3, 0.4) is 0 Å². The Bertz CT molecular complexity index is 470. The van der Waals surface area contributed by atoms with Gasteiger partial charge in [-0.15, -0.1) is 11.3 Å². The maximum absolute atomic E-state index is 5.94. The van der Waals surface area contributed by atoms with Crippen LogP contribution in [0.2, 0.25) is 5.15 Å². The highest BCUT2D eigenvalue weighted by Crippen LogP contribution is 2.20. The zero-order chi connectivity index (χ0) is 11.4. The molecule has 3 nitrogen and oxygen atoms in total. The summed E-state index contributed by atoms with van der Waals surface area (Å²) in [6.45, 7) is 2.84. The third-order valence-corrected chi connectivity index (χ3v) is 3.56. The molecule has 0 fully saturated rings. The van der Waals surface area contributed by atoms with E-state index in [9.17, 15) is 0 Å². The van der Waals surface area contributed by atoms with Crippen molar-refractivity contribution < 1.29 is 0 Å². The van der Waals surface area contributed by atoms with Gasteiger partial charge in [0.15, 0.2) is 5.15 Å². The Labute approximate surface area is 104 Å². The zero-order valence-corrected chi connectivity index (χ0v) is 10.5. The van der Waals surface area contributed by atoms with Crippen molar-refractivity contribution in [2.75, 3.05) is 5.32 Å². The van der Waals surface area contributed by atoms with Crippen LogP contribution in [0.15, 0.2) is 24.5 Å². The molecule has 2 aromatic heterocycles. The molecule has 0 saturated heterocycles. The van der Waals surface area contributed by atoms with Crippen molar-refractivity contribution in [2.24, 2.45) is 0 Å². The minimum atomic E-state index is 0.503. The van der Waals surface area contributed by atoms with E-state index in [1.807, 2.05) is 18.3 Å². The lowest BCUT2D eigenvalue weighted by Gasteiger charge is -2.04. The van der Waals surface area contributed by atoms with Gasteiger partial charge in [0, 0.05) is 17.3 Å². The van der Waals surface area contributed by atoms with Crippen molar-refractivity contribution in [1.82, 2.24) is 9.97 Å². The minimum absolute atomic E-state index is 0.503.